The molecule has 1 aromatic heterocycles. The van der Waals surface area contributed by atoms with Crippen molar-refractivity contribution < 1.29 is 4.79 Å². The molecule has 27 heavy (non-hydrogen) atoms. The third-order valence-electron chi connectivity index (χ3n) is 4.42. The molecule has 1 amide bonds. The topological polar surface area (TPSA) is 64.0 Å². The minimum atomic E-state index is -0.104. The van der Waals surface area contributed by atoms with E-state index in [1.165, 1.54) is 16.3 Å². The molecule has 6 heteroatoms. The number of amides is 1. The van der Waals surface area contributed by atoms with Gasteiger partial charge in [0.05, 0.1) is 22.7 Å². The number of nitrogens with one attached hydrogen (secondary N) is 1. The lowest BCUT2D eigenvalue weighted by molar-refractivity contribution is -0.119. The molecule has 140 valence electrons. The second kappa shape index (κ2) is 8.39. The van der Waals surface area contributed by atoms with Gasteiger partial charge in [-0.05, 0) is 23.6 Å². The minimum absolute atomic E-state index is 0.0484. The summed E-state index contributed by atoms with van der Waals surface area (Å²) in [6.45, 7) is 4.17. The Balaban J connectivity index is 1.73. The summed E-state index contributed by atoms with van der Waals surface area (Å²) >= 11 is 1.27. The van der Waals surface area contributed by atoms with E-state index in [0.717, 1.165) is 5.56 Å². The second-order valence-electron chi connectivity index (χ2n) is 6.76. The van der Waals surface area contributed by atoms with Crippen molar-refractivity contribution in [3.05, 3.63) is 70.5 Å². The Morgan fingerprint density at radius 3 is 2.48 bits per heavy atom. The number of aromatic nitrogens is 2. The highest BCUT2D eigenvalue weighted by atomic mass is 32.2. The minimum Gasteiger partial charge on any atom is -0.348 e. The van der Waals surface area contributed by atoms with Gasteiger partial charge >= 0.3 is 0 Å². The Morgan fingerprint density at radius 1 is 1.11 bits per heavy atom. The Morgan fingerprint density at radius 2 is 1.78 bits per heavy atom. The number of benzene rings is 2. The largest absolute Gasteiger partial charge is 0.348 e. The maximum absolute atomic E-state index is 12.5. The summed E-state index contributed by atoms with van der Waals surface area (Å²) in [7, 11) is 1.68. The van der Waals surface area contributed by atoms with E-state index in [1.54, 1.807) is 13.1 Å². The van der Waals surface area contributed by atoms with Crippen LogP contribution in [0.3, 0.4) is 0 Å². The number of thioether (sulfide) groups is 1. The maximum Gasteiger partial charge on any atom is 0.261 e. The average Bonchev–Trinajstić information content (AvgIpc) is 2.68. The molecule has 5 nitrogen and oxygen atoms in total. The molecule has 0 aliphatic carbocycles. The molecular weight excluding hydrogens is 358 g/mol. The number of hydrogen-bond acceptors (Lipinski definition) is 4. The van der Waals surface area contributed by atoms with Gasteiger partial charge in [-0.15, -0.1) is 0 Å². The summed E-state index contributed by atoms with van der Waals surface area (Å²) in [6.07, 6.45) is 0. The van der Waals surface area contributed by atoms with Crippen LogP contribution in [0.2, 0.25) is 0 Å². The van der Waals surface area contributed by atoms with Crippen LogP contribution in [0, 0.1) is 5.92 Å². The number of para-hydroxylation sites is 1. The Kier molecular flexibility index (Phi) is 5.96. The fraction of sp³-hybridized carbons (Fsp3) is 0.286. The van der Waals surface area contributed by atoms with Gasteiger partial charge in [-0.1, -0.05) is 68.1 Å². The maximum atomic E-state index is 12.5. The molecule has 1 heterocycles. The molecule has 2 aromatic carbocycles. The summed E-state index contributed by atoms with van der Waals surface area (Å²) in [6, 6.07) is 17.1. The molecule has 0 spiro atoms. The summed E-state index contributed by atoms with van der Waals surface area (Å²) in [5, 5.41) is 4.22. The van der Waals surface area contributed by atoms with E-state index in [-0.39, 0.29) is 29.2 Å². The van der Waals surface area contributed by atoms with Crippen LogP contribution in [0.25, 0.3) is 10.9 Å². The summed E-state index contributed by atoms with van der Waals surface area (Å²) in [5.41, 5.74) is 1.63. The third-order valence-corrected chi connectivity index (χ3v) is 5.45. The van der Waals surface area contributed by atoms with Crippen LogP contribution in [0.5, 0.6) is 0 Å². The molecule has 1 unspecified atom stereocenters. The van der Waals surface area contributed by atoms with E-state index in [9.17, 15) is 9.59 Å². The molecule has 1 N–H and O–H groups in total. The van der Waals surface area contributed by atoms with Crippen LogP contribution >= 0.6 is 11.8 Å². The monoisotopic (exact) mass is 381 g/mol. The first-order valence-electron chi connectivity index (χ1n) is 8.90. The highest BCUT2D eigenvalue weighted by Gasteiger charge is 2.19. The molecule has 0 aliphatic rings. The van der Waals surface area contributed by atoms with E-state index in [1.807, 2.05) is 48.5 Å². The van der Waals surface area contributed by atoms with Gasteiger partial charge < -0.3 is 5.32 Å². The van der Waals surface area contributed by atoms with Crippen LogP contribution < -0.4 is 10.9 Å². The lowest BCUT2D eigenvalue weighted by Crippen LogP contribution is -2.33. The molecule has 3 rings (SSSR count). The number of carbonyl (C=O) groups is 1. The standard InChI is InChI=1S/C21H23N3O2S/c1-14(2)19(15-9-5-4-6-10-15)23-18(25)13-27-21-22-17-12-8-7-11-16(17)20(26)24(21)3/h4-12,14,19H,13H2,1-3H3,(H,23,25). The van der Waals surface area contributed by atoms with Crippen molar-refractivity contribution in [1.29, 1.82) is 0 Å². The molecule has 0 saturated heterocycles. The number of carbonyl (C=O) groups excluding carboxylic acids is 1. The van der Waals surface area contributed by atoms with Crippen molar-refractivity contribution >= 4 is 28.6 Å². The van der Waals surface area contributed by atoms with Crippen molar-refractivity contribution in [2.75, 3.05) is 5.75 Å². The SMILES string of the molecule is CC(C)C(NC(=O)CSc1nc2ccccc2c(=O)n1C)c1ccccc1. The first-order chi connectivity index (χ1) is 13.0. The molecule has 0 radical (unpaired) electrons. The molecule has 0 saturated carbocycles. The first-order valence-corrected chi connectivity index (χ1v) is 9.89. The van der Waals surface area contributed by atoms with Gasteiger partial charge in [-0.2, -0.15) is 0 Å². The molecule has 0 fully saturated rings. The van der Waals surface area contributed by atoms with E-state index in [0.29, 0.717) is 16.1 Å². The van der Waals surface area contributed by atoms with E-state index in [4.69, 9.17) is 0 Å². The highest BCUT2D eigenvalue weighted by Crippen LogP contribution is 2.22. The molecule has 0 bridgehead atoms. The van der Waals surface area contributed by atoms with Gasteiger partial charge in [0.1, 0.15) is 0 Å². The first kappa shape index (κ1) is 19.2. The number of rotatable bonds is 6. The quantitative estimate of drug-likeness (QED) is 0.524. The predicted octanol–water partition coefficient (Wildman–Crippen LogP) is 3.54. The molecule has 1 atom stereocenters. The van der Waals surface area contributed by atoms with Crippen LogP contribution in [-0.2, 0) is 11.8 Å². The van der Waals surface area contributed by atoms with Gasteiger partial charge in [-0.25, -0.2) is 4.98 Å². The zero-order chi connectivity index (χ0) is 19.4. The van der Waals surface area contributed by atoms with Crippen LogP contribution in [0.15, 0.2) is 64.5 Å². The van der Waals surface area contributed by atoms with Gasteiger partial charge in [0, 0.05) is 7.05 Å². The van der Waals surface area contributed by atoms with Gasteiger partial charge in [0.2, 0.25) is 5.91 Å². The van der Waals surface area contributed by atoms with E-state index >= 15 is 0 Å². The number of hydrogen-bond donors (Lipinski definition) is 1. The summed E-state index contributed by atoms with van der Waals surface area (Å²) < 4.78 is 1.50. The van der Waals surface area contributed by atoms with Crippen molar-refractivity contribution in [1.82, 2.24) is 14.9 Å². The highest BCUT2D eigenvalue weighted by molar-refractivity contribution is 7.99. The van der Waals surface area contributed by atoms with Crippen molar-refractivity contribution in [3.63, 3.8) is 0 Å². The fourth-order valence-electron chi connectivity index (χ4n) is 2.97. The Labute approximate surface area is 162 Å². The Hall–Kier alpha value is -2.60. The zero-order valence-corrected chi connectivity index (χ0v) is 16.5. The third kappa shape index (κ3) is 4.39. The number of fused-ring (bicyclic) bond motifs is 1. The van der Waals surface area contributed by atoms with Gasteiger partial charge in [0.25, 0.3) is 5.56 Å². The fourth-order valence-corrected chi connectivity index (χ4v) is 3.75. The molecule has 0 aliphatic heterocycles. The summed E-state index contributed by atoms with van der Waals surface area (Å²) in [4.78, 5) is 29.5. The van der Waals surface area contributed by atoms with Crippen molar-refractivity contribution in [3.8, 4) is 0 Å². The molecule has 3 aromatic rings. The van der Waals surface area contributed by atoms with Crippen LogP contribution in [0.1, 0.15) is 25.5 Å². The van der Waals surface area contributed by atoms with E-state index < -0.39 is 0 Å². The zero-order valence-electron chi connectivity index (χ0n) is 15.7. The van der Waals surface area contributed by atoms with Gasteiger partial charge in [0.15, 0.2) is 5.16 Å². The lowest BCUT2D eigenvalue weighted by atomic mass is 9.96. The summed E-state index contributed by atoms with van der Waals surface area (Å²) in [5.74, 6) is 0.392. The second-order valence-corrected chi connectivity index (χ2v) is 7.71. The normalized spacial score (nSPS) is 12.3. The number of nitrogens with zero attached hydrogens (tertiary/aromatic N) is 2. The molecular formula is C21H23N3O2S. The lowest BCUT2D eigenvalue weighted by Gasteiger charge is -2.23. The van der Waals surface area contributed by atoms with Crippen LogP contribution in [0.4, 0.5) is 0 Å². The smallest absolute Gasteiger partial charge is 0.261 e. The van der Waals surface area contributed by atoms with Crippen LogP contribution in [-0.4, -0.2) is 21.2 Å². The van der Waals surface area contributed by atoms with Crippen molar-refractivity contribution in [2.24, 2.45) is 13.0 Å². The van der Waals surface area contributed by atoms with E-state index in [2.05, 4.69) is 24.1 Å². The van der Waals surface area contributed by atoms with Gasteiger partial charge in [-0.3, -0.25) is 14.2 Å². The van der Waals surface area contributed by atoms with Crippen molar-refractivity contribution in [2.45, 2.75) is 25.0 Å². The Bertz CT molecular complexity index is 999. The average molecular weight is 382 g/mol. The predicted molar refractivity (Wildman–Crippen MR) is 110 cm³/mol.